The molecule has 0 radical (unpaired) electrons. The van der Waals surface area contributed by atoms with Crippen molar-refractivity contribution in [3.63, 3.8) is 0 Å². The topological polar surface area (TPSA) is 72.4 Å². The molecule has 5 nitrogen and oxygen atoms in total. The first-order valence-corrected chi connectivity index (χ1v) is 5.96. The molecule has 0 saturated heterocycles. The first-order chi connectivity index (χ1) is 8.34. The fraction of sp³-hybridized carbons (Fsp3) is 0.538. The highest BCUT2D eigenvalue weighted by molar-refractivity contribution is 5.32. The molecule has 5 heteroatoms. The Morgan fingerprint density at radius 2 is 1.89 bits per heavy atom. The number of benzene rings is 1. The van der Waals surface area contributed by atoms with E-state index in [4.69, 9.17) is 5.73 Å². The largest absolute Gasteiger partial charge is 0.330 e. The van der Waals surface area contributed by atoms with Crippen LogP contribution >= 0.6 is 0 Å². The van der Waals surface area contributed by atoms with Crippen LogP contribution in [0.25, 0.3) is 0 Å². The van der Waals surface area contributed by atoms with Crippen molar-refractivity contribution in [3.8, 4) is 0 Å². The molecule has 0 aliphatic carbocycles. The summed E-state index contributed by atoms with van der Waals surface area (Å²) in [5, 5.41) is 10.5. The first-order valence-electron chi connectivity index (χ1n) is 5.96. The Labute approximate surface area is 108 Å². The van der Waals surface area contributed by atoms with Crippen molar-refractivity contribution in [3.05, 3.63) is 39.9 Å². The Bertz CT molecular complexity index is 401. The van der Waals surface area contributed by atoms with E-state index in [0.29, 0.717) is 6.54 Å². The molecule has 0 aliphatic rings. The summed E-state index contributed by atoms with van der Waals surface area (Å²) in [7, 11) is 2.03. The summed E-state index contributed by atoms with van der Waals surface area (Å²) in [6.07, 6.45) is 0. The lowest BCUT2D eigenvalue weighted by Gasteiger charge is -2.29. The van der Waals surface area contributed by atoms with Crippen molar-refractivity contribution < 1.29 is 4.92 Å². The SMILES string of the molecule is CN(Cc1ccc([N+](=O)[O-])cc1)CC(C)(C)CN. The van der Waals surface area contributed by atoms with Gasteiger partial charge in [0, 0.05) is 25.2 Å². The molecule has 0 aliphatic heterocycles. The van der Waals surface area contributed by atoms with E-state index in [1.807, 2.05) is 7.05 Å². The van der Waals surface area contributed by atoms with Crippen molar-refractivity contribution in [2.24, 2.45) is 11.1 Å². The minimum Gasteiger partial charge on any atom is -0.330 e. The second-order valence-corrected chi connectivity index (χ2v) is 5.46. The van der Waals surface area contributed by atoms with Crippen molar-refractivity contribution in [1.29, 1.82) is 0 Å². The van der Waals surface area contributed by atoms with E-state index >= 15 is 0 Å². The van der Waals surface area contributed by atoms with Crippen molar-refractivity contribution in [2.75, 3.05) is 20.1 Å². The van der Waals surface area contributed by atoms with Gasteiger partial charge in [0.05, 0.1) is 4.92 Å². The number of hydrogen-bond donors (Lipinski definition) is 1. The molecule has 1 aromatic carbocycles. The van der Waals surface area contributed by atoms with Crippen molar-refractivity contribution >= 4 is 5.69 Å². The average Bonchev–Trinajstić information content (AvgIpc) is 2.29. The minimum absolute atomic E-state index is 0.0789. The molecule has 1 aromatic rings. The third-order valence-corrected chi connectivity index (χ3v) is 2.85. The van der Waals surface area contributed by atoms with Gasteiger partial charge >= 0.3 is 0 Å². The zero-order valence-corrected chi connectivity index (χ0v) is 11.2. The number of nitrogens with two attached hydrogens (primary N) is 1. The lowest BCUT2D eigenvalue weighted by Crippen LogP contribution is -2.36. The van der Waals surface area contributed by atoms with Crippen LogP contribution in [0, 0.1) is 15.5 Å². The summed E-state index contributed by atoms with van der Waals surface area (Å²) in [4.78, 5) is 12.3. The summed E-state index contributed by atoms with van der Waals surface area (Å²) in [6.45, 7) is 6.54. The van der Waals surface area contributed by atoms with Gasteiger partial charge in [-0.2, -0.15) is 0 Å². The lowest BCUT2D eigenvalue weighted by atomic mass is 9.93. The van der Waals surface area contributed by atoms with Crippen LogP contribution in [0.5, 0.6) is 0 Å². The summed E-state index contributed by atoms with van der Waals surface area (Å²) in [6, 6.07) is 6.67. The van der Waals surface area contributed by atoms with Crippen LogP contribution in [-0.2, 0) is 6.54 Å². The van der Waals surface area contributed by atoms with Gasteiger partial charge in [-0.3, -0.25) is 10.1 Å². The van der Waals surface area contributed by atoms with Gasteiger partial charge in [0.15, 0.2) is 0 Å². The van der Waals surface area contributed by atoms with E-state index in [-0.39, 0.29) is 16.0 Å². The summed E-state index contributed by atoms with van der Waals surface area (Å²) < 4.78 is 0. The number of hydrogen-bond acceptors (Lipinski definition) is 4. The molecule has 0 spiro atoms. The third kappa shape index (κ3) is 4.43. The monoisotopic (exact) mass is 251 g/mol. The first kappa shape index (κ1) is 14.6. The van der Waals surface area contributed by atoms with Gasteiger partial charge in [0.25, 0.3) is 5.69 Å². The molecule has 0 saturated carbocycles. The highest BCUT2D eigenvalue weighted by Crippen LogP contribution is 2.17. The molecule has 2 N–H and O–H groups in total. The maximum Gasteiger partial charge on any atom is 0.269 e. The van der Waals surface area contributed by atoms with Crippen LogP contribution in [0.15, 0.2) is 24.3 Å². The summed E-state index contributed by atoms with van der Waals surface area (Å²) in [5.41, 5.74) is 6.97. The Morgan fingerprint density at radius 1 is 1.33 bits per heavy atom. The van der Waals surface area contributed by atoms with E-state index in [1.54, 1.807) is 12.1 Å². The molecule has 0 heterocycles. The zero-order chi connectivity index (χ0) is 13.8. The summed E-state index contributed by atoms with van der Waals surface area (Å²) >= 11 is 0. The molecule has 0 unspecified atom stereocenters. The molecule has 0 bridgehead atoms. The Kier molecular flexibility index (Phi) is 4.81. The molecule has 1 rings (SSSR count). The Hall–Kier alpha value is -1.46. The van der Waals surface area contributed by atoms with Crippen LogP contribution in [-0.4, -0.2) is 30.0 Å². The maximum atomic E-state index is 10.5. The van der Waals surface area contributed by atoms with Gasteiger partial charge in [-0.05, 0) is 24.6 Å². The average molecular weight is 251 g/mol. The molecule has 0 fully saturated rings. The van der Waals surface area contributed by atoms with Crippen molar-refractivity contribution in [1.82, 2.24) is 4.90 Å². The van der Waals surface area contributed by atoms with Gasteiger partial charge in [0.1, 0.15) is 0 Å². The second kappa shape index (κ2) is 5.93. The normalized spacial score (nSPS) is 11.8. The van der Waals surface area contributed by atoms with E-state index in [0.717, 1.165) is 18.7 Å². The molecular formula is C13H21N3O2. The number of nitro groups is 1. The molecular weight excluding hydrogens is 230 g/mol. The van der Waals surface area contributed by atoms with Crippen LogP contribution in [0.1, 0.15) is 19.4 Å². The van der Waals surface area contributed by atoms with Crippen LogP contribution in [0.2, 0.25) is 0 Å². The van der Waals surface area contributed by atoms with E-state index in [9.17, 15) is 10.1 Å². The molecule has 0 amide bonds. The Morgan fingerprint density at radius 3 is 2.33 bits per heavy atom. The predicted octanol–water partition coefficient (Wildman–Crippen LogP) is 2.01. The fourth-order valence-corrected chi connectivity index (χ4v) is 1.89. The minimum atomic E-state index is -0.384. The quantitative estimate of drug-likeness (QED) is 0.620. The summed E-state index contributed by atoms with van der Waals surface area (Å²) in [5.74, 6) is 0. The van der Waals surface area contributed by atoms with E-state index in [2.05, 4.69) is 18.7 Å². The van der Waals surface area contributed by atoms with Gasteiger partial charge in [-0.25, -0.2) is 0 Å². The standard InChI is InChI=1S/C13H21N3O2/c1-13(2,9-14)10-15(3)8-11-4-6-12(7-5-11)16(17)18/h4-7H,8-10,14H2,1-3H3. The number of nitro benzene ring substituents is 1. The number of nitrogens with zero attached hydrogens (tertiary/aromatic N) is 2. The third-order valence-electron chi connectivity index (χ3n) is 2.85. The number of non-ortho nitro benzene ring substituents is 1. The fourth-order valence-electron chi connectivity index (χ4n) is 1.89. The van der Waals surface area contributed by atoms with Crippen LogP contribution < -0.4 is 5.73 Å². The van der Waals surface area contributed by atoms with E-state index in [1.165, 1.54) is 12.1 Å². The van der Waals surface area contributed by atoms with Crippen molar-refractivity contribution in [2.45, 2.75) is 20.4 Å². The van der Waals surface area contributed by atoms with Crippen LogP contribution in [0.3, 0.4) is 0 Å². The second-order valence-electron chi connectivity index (χ2n) is 5.46. The van der Waals surface area contributed by atoms with Crippen LogP contribution in [0.4, 0.5) is 5.69 Å². The van der Waals surface area contributed by atoms with E-state index < -0.39 is 0 Å². The molecule has 18 heavy (non-hydrogen) atoms. The maximum absolute atomic E-state index is 10.5. The molecule has 0 aromatic heterocycles. The molecule has 100 valence electrons. The van der Waals surface area contributed by atoms with Gasteiger partial charge in [-0.1, -0.05) is 26.0 Å². The van der Waals surface area contributed by atoms with Gasteiger partial charge in [-0.15, -0.1) is 0 Å². The smallest absolute Gasteiger partial charge is 0.269 e. The molecule has 0 atom stereocenters. The predicted molar refractivity (Wildman–Crippen MR) is 72.3 cm³/mol. The zero-order valence-electron chi connectivity index (χ0n) is 11.2. The number of rotatable bonds is 6. The Balaban J connectivity index is 2.59. The van der Waals surface area contributed by atoms with Gasteiger partial charge in [0.2, 0.25) is 0 Å². The highest BCUT2D eigenvalue weighted by Gasteiger charge is 2.18. The highest BCUT2D eigenvalue weighted by atomic mass is 16.6. The lowest BCUT2D eigenvalue weighted by molar-refractivity contribution is -0.384. The van der Waals surface area contributed by atoms with Gasteiger partial charge < -0.3 is 10.6 Å².